The van der Waals surface area contributed by atoms with Gasteiger partial charge in [-0.3, -0.25) is 4.79 Å². The molecule has 4 saturated carbocycles. The van der Waals surface area contributed by atoms with Crippen LogP contribution < -0.4 is 0 Å². The summed E-state index contributed by atoms with van der Waals surface area (Å²) in [4.78, 5) is 25.9. The summed E-state index contributed by atoms with van der Waals surface area (Å²) in [5.41, 5.74) is -2.46. The first-order chi connectivity index (χ1) is 15.0. The Balaban J connectivity index is 1.59. The Bertz CT molecular complexity index is 876. The van der Waals surface area contributed by atoms with Gasteiger partial charge in [0.1, 0.15) is 11.7 Å². The number of aliphatic hydroxyl groups is 1. The van der Waals surface area contributed by atoms with E-state index in [9.17, 15) is 14.7 Å². The predicted molar refractivity (Wildman–Crippen MR) is 118 cm³/mol. The SMILES string of the molecule is C/C=C(/C)C(=O)O[C@H]1C2(CO2)[C@H]2CC[C@]3(O)[C@@]1(CC[C@@H]1[C@](C)(C(=O)OC)CCC[C@]13C)C2. The zero-order valence-electron chi connectivity index (χ0n) is 20.2. The number of esters is 2. The molecule has 5 rings (SSSR count). The summed E-state index contributed by atoms with van der Waals surface area (Å²) in [5, 5.41) is 12.7. The van der Waals surface area contributed by atoms with E-state index in [1.807, 2.05) is 13.8 Å². The highest BCUT2D eigenvalue weighted by Gasteiger charge is 2.82. The third-order valence-electron chi connectivity index (χ3n) is 10.8. The fourth-order valence-corrected chi connectivity index (χ4v) is 8.95. The Kier molecular flexibility index (Phi) is 4.77. The minimum absolute atomic E-state index is 0.0358. The molecule has 1 N–H and O–H groups in total. The third-order valence-corrected chi connectivity index (χ3v) is 10.8. The van der Waals surface area contributed by atoms with E-state index in [0.29, 0.717) is 24.5 Å². The van der Waals surface area contributed by atoms with Gasteiger partial charge in [0.25, 0.3) is 0 Å². The van der Waals surface area contributed by atoms with Crippen molar-refractivity contribution in [2.75, 3.05) is 13.7 Å². The molecular weight excluding hydrogens is 408 g/mol. The number of epoxide rings is 1. The van der Waals surface area contributed by atoms with Crippen molar-refractivity contribution in [3.05, 3.63) is 11.6 Å². The Morgan fingerprint density at radius 1 is 1.12 bits per heavy atom. The van der Waals surface area contributed by atoms with Crippen molar-refractivity contribution in [2.45, 2.75) is 96.4 Å². The molecule has 5 aliphatic rings. The van der Waals surface area contributed by atoms with E-state index in [-0.39, 0.29) is 17.9 Å². The fraction of sp³-hybridized carbons (Fsp3) is 0.846. The van der Waals surface area contributed by atoms with E-state index >= 15 is 0 Å². The first-order valence-corrected chi connectivity index (χ1v) is 12.3. The monoisotopic (exact) mass is 446 g/mol. The van der Waals surface area contributed by atoms with Crippen LogP contribution in [0.2, 0.25) is 0 Å². The maximum atomic E-state index is 12.9. The standard InChI is InChI=1S/C26H38O6/c1-6-16(2)19(27)32-20-24-12-9-18-22(3,21(28)30-5)10-7-11-23(18,4)26(24,29)13-8-17(14-24)25(20)15-31-25/h6,17-18,20,29H,7-15H2,1-5H3/b16-6-/t17-,18+,20+,22+,23+,24-,25?,26+/m0/s1. The molecule has 6 heteroatoms. The molecule has 1 heterocycles. The highest BCUT2D eigenvalue weighted by molar-refractivity contribution is 5.88. The number of carbonyl (C=O) groups excluding carboxylic acids is 2. The quantitative estimate of drug-likeness (QED) is 0.401. The second-order valence-corrected chi connectivity index (χ2v) is 11.7. The summed E-state index contributed by atoms with van der Waals surface area (Å²) < 4.78 is 17.6. The van der Waals surface area contributed by atoms with E-state index in [0.717, 1.165) is 44.9 Å². The molecule has 0 aromatic heterocycles. The van der Waals surface area contributed by atoms with Crippen molar-refractivity contribution in [3.63, 3.8) is 0 Å². The largest absolute Gasteiger partial charge is 0.469 e. The molecule has 2 spiro atoms. The minimum Gasteiger partial charge on any atom is -0.469 e. The van der Waals surface area contributed by atoms with Gasteiger partial charge in [-0.2, -0.15) is 0 Å². The molecule has 178 valence electrons. The van der Waals surface area contributed by atoms with Gasteiger partial charge in [-0.1, -0.05) is 19.4 Å². The van der Waals surface area contributed by atoms with Gasteiger partial charge in [-0.25, -0.2) is 4.79 Å². The zero-order valence-corrected chi connectivity index (χ0v) is 20.2. The van der Waals surface area contributed by atoms with Crippen LogP contribution in [0.4, 0.5) is 0 Å². The Labute approximate surface area is 191 Å². The summed E-state index contributed by atoms with van der Waals surface area (Å²) in [6.45, 7) is 8.43. The number of rotatable bonds is 3. The number of fused-ring (bicyclic) bond motifs is 4. The van der Waals surface area contributed by atoms with E-state index in [1.165, 1.54) is 7.11 Å². The van der Waals surface area contributed by atoms with Crippen molar-refractivity contribution in [3.8, 4) is 0 Å². The molecule has 0 aromatic carbocycles. The van der Waals surface area contributed by atoms with Crippen LogP contribution in [0.25, 0.3) is 0 Å². The Morgan fingerprint density at radius 2 is 1.84 bits per heavy atom. The summed E-state index contributed by atoms with van der Waals surface area (Å²) >= 11 is 0. The van der Waals surface area contributed by atoms with Gasteiger partial charge in [-0.05, 0) is 77.6 Å². The second-order valence-electron chi connectivity index (χ2n) is 11.7. The zero-order chi connectivity index (χ0) is 23.2. The van der Waals surface area contributed by atoms with Crippen molar-refractivity contribution >= 4 is 11.9 Å². The number of hydrogen-bond acceptors (Lipinski definition) is 6. The molecule has 0 radical (unpaired) electrons. The number of methoxy groups -OCH3 is 1. The molecule has 1 unspecified atom stereocenters. The number of ether oxygens (including phenoxy) is 3. The summed E-state index contributed by atoms with van der Waals surface area (Å²) in [6.07, 6.45) is 7.79. The van der Waals surface area contributed by atoms with Crippen LogP contribution in [0.1, 0.15) is 79.1 Å². The first kappa shape index (κ1) is 22.4. The molecule has 8 atom stereocenters. The van der Waals surface area contributed by atoms with Crippen LogP contribution in [0.5, 0.6) is 0 Å². The van der Waals surface area contributed by atoms with Crippen LogP contribution in [0.15, 0.2) is 11.6 Å². The van der Waals surface area contributed by atoms with E-state index in [1.54, 1.807) is 13.0 Å². The molecule has 0 amide bonds. The van der Waals surface area contributed by atoms with Crippen molar-refractivity contribution in [1.29, 1.82) is 0 Å². The predicted octanol–water partition coefficient (Wildman–Crippen LogP) is 3.94. The first-order valence-electron chi connectivity index (χ1n) is 12.3. The van der Waals surface area contributed by atoms with Crippen molar-refractivity contribution in [2.24, 2.45) is 28.1 Å². The molecule has 2 bridgehead atoms. The molecular formula is C26H38O6. The molecule has 5 fully saturated rings. The van der Waals surface area contributed by atoms with E-state index in [2.05, 4.69) is 6.92 Å². The molecule has 0 aromatic rings. The lowest BCUT2D eigenvalue weighted by molar-refractivity contribution is -0.281. The summed E-state index contributed by atoms with van der Waals surface area (Å²) in [5.74, 6) is -0.135. The lowest BCUT2D eigenvalue weighted by atomic mass is 9.38. The van der Waals surface area contributed by atoms with E-state index < -0.39 is 33.6 Å². The minimum atomic E-state index is -1.01. The van der Waals surface area contributed by atoms with Crippen molar-refractivity contribution < 1.29 is 28.9 Å². The van der Waals surface area contributed by atoms with Gasteiger partial charge in [0.2, 0.25) is 0 Å². The van der Waals surface area contributed by atoms with Crippen LogP contribution in [-0.2, 0) is 23.8 Å². The lowest BCUT2D eigenvalue weighted by Gasteiger charge is -2.68. The molecule has 1 saturated heterocycles. The highest BCUT2D eigenvalue weighted by atomic mass is 16.6. The van der Waals surface area contributed by atoms with Gasteiger partial charge in [0.05, 0.1) is 24.7 Å². The maximum absolute atomic E-state index is 12.9. The van der Waals surface area contributed by atoms with Crippen LogP contribution in [-0.4, -0.2) is 48.1 Å². The summed E-state index contributed by atoms with van der Waals surface area (Å²) in [7, 11) is 1.47. The second kappa shape index (κ2) is 6.82. The number of carbonyl (C=O) groups is 2. The number of hydrogen-bond donors (Lipinski definition) is 1. The Morgan fingerprint density at radius 3 is 2.47 bits per heavy atom. The van der Waals surface area contributed by atoms with E-state index in [4.69, 9.17) is 14.2 Å². The van der Waals surface area contributed by atoms with Crippen molar-refractivity contribution in [1.82, 2.24) is 0 Å². The lowest BCUT2D eigenvalue weighted by Crippen LogP contribution is -2.71. The molecule has 4 aliphatic carbocycles. The third kappa shape index (κ3) is 2.43. The van der Waals surface area contributed by atoms with Crippen LogP contribution in [0, 0.1) is 28.1 Å². The van der Waals surface area contributed by atoms with Gasteiger partial charge in [0, 0.05) is 16.4 Å². The fourth-order valence-electron chi connectivity index (χ4n) is 8.95. The molecule has 1 aliphatic heterocycles. The topological polar surface area (TPSA) is 85.4 Å². The maximum Gasteiger partial charge on any atom is 0.333 e. The Hall–Kier alpha value is -1.40. The van der Waals surface area contributed by atoms with Crippen LogP contribution in [0.3, 0.4) is 0 Å². The highest BCUT2D eigenvalue weighted by Crippen LogP contribution is 2.77. The normalized spacial score (nSPS) is 51.6. The summed E-state index contributed by atoms with van der Waals surface area (Å²) in [6, 6.07) is 0. The van der Waals surface area contributed by atoms with Gasteiger partial charge in [0.15, 0.2) is 0 Å². The molecule has 32 heavy (non-hydrogen) atoms. The van der Waals surface area contributed by atoms with Gasteiger partial charge in [-0.15, -0.1) is 0 Å². The van der Waals surface area contributed by atoms with Gasteiger partial charge < -0.3 is 19.3 Å². The van der Waals surface area contributed by atoms with Gasteiger partial charge >= 0.3 is 11.9 Å². The average molecular weight is 447 g/mol. The van der Waals surface area contributed by atoms with Crippen LogP contribution >= 0.6 is 0 Å². The average Bonchev–Trinajstić information content (AvgIpc) is 3.54. The number of allylic oxidation sites excluding steroid dienone is 1. The smallest absolute Gasteiger partial charge is 0.333 e. The molecule has 6 nitrogen and oxygen atoms in total.